The highest BCUT2D eigenvalue weighted by Crippen LogP contribution is 2.33. The van der Waals surface area contributed by atoms with Crippen LogP contribution < -0.4 is 5.32 Å². The number of anilines is 1. The van der Waals surface area contributed by atoms with Crippen molar-refractivity contribution in [3.63, 3.8) is 0 Å². The van der Waals surface area contributed by atoms with Gasteiger partial charge < -0.3 is 14.6 Å². The number of benzene rings is 1. The van der Waals surface area contributed by atoms with E-state index in [2.05, 4.69) is 10.3 Å². The van der Waals surface area contributed by atoms with Gasteiger partial charge in [-0.15, -0.1) is 0 Å². The molecule has 2 aromatic rings. The molecule has 1 aromatic carbocycles. The summed E-state index contributed by atoms with van der Waals surface area (Å²) in [6, 6.07) is 5.38. The van der Waals surface area contributed by atoms with E-state index in [9.17, 15) is 18.0 Å². The maximum Gasteiger partial charge on any atom is 0.408 e. The Bertz CT molecular complexity index is 680. The first-order valence-corrected chi connectivity index (χ1v) is 7.30. The first kappa shape index (κ1) is 15.6. The summed E-state index contributed by atoms with van der Waals surface area (Å²) in [5, 5.41) is 2.99. The number of oxazole rings is 1. The van der Waals surface area contributed by atoms with Crippen molar-refractivity contribution in [2.24, 2.45) is 0 Å². The molecule has 1 amide bonds. The van der Waals surface area contributed by atoms with Crippen LogP contribution in [0.15, 0.2) is 28.7 Å². The van der Waals surface area contributed by atoms with Gasteiger partial charge >= 0.3 is 6.18 Å². The molecular formula is C15H16F3N3O2. The lowest BCUT2D eigenvalue weighted by Gasteiger charge is -2.39. The van der Waals surface area contributed by atoms with E-state index in [4.69, 9.17) is 4.42 Å². The van der Waals surface area contributed by atoms with Crippen LogP contribution >= 0.6 is 0 Å². The van der Waals surface area contributed by atoms with Crippen LogP contribution in [-0.2, 0) is 4.79 Å². The summed E-state index contributed by atoms with van der Waals surface area (Å²) in [5.74, 6) is -0.587. The van der Waals surface area contributed by atoms with Gasteiger partial charge in [-0.2, -0.15) is 18.2 Å². The Labute approximate surface area is 130 Å². The Morgan fingerprint density at radius 3 is 2.74 bits per heavy atom. The number of para-hydroxylation sites is 2. The molecule has 23 heavy (non-hydrogen) atoms. The molecule has 124 valence electrons. The van der Waals surface area contributed by atoms with Crippen molar-refractivity contribution >= 4 is 23.0 Å². The smallest absolute Gasteiger partial charge is 0.408 e. The second kappa shape index (κ2) is 5.75. The molecule has 1 fully saturated rings. The van der Waals surface area contributed by atoms with Gasteiger partial charge in [0, 0.05) is 19.5 Å². The van der Waals surface area contributed by atoms with Gasteiger partial charge in [0.2, 0.25) is 5.91 Å². The highest BCUT2D eigenvalue weighted by Gasteiger charge is 2.47. The summed E-state index contributed by atoms with van der Waals surface area (Å²) in [7, 11) is 0. The Morgan fingerprint density at radius 1 is 1.35 bits per heavy atom. The molecule has 0 radical (unpaired) electrons. The summed E-state index contributed by atoms with van der Waals surface area (Å²) >= 11 is 0. The molecule has 2 heterocycles. The number of aromatic nitrogens is 1. The minimum atomic E-state index is -4.41. The van der Waals surface area contributed by atoms with Crippen LogP contribution in [-0.4, -0.2) is 40.6 Å². The molecule has 1 N–H and O–H groups in total. The molecule has 2 atom stereocenters. The number of alkyl halides is 3. The first-order chi connectivity index (χ1) is 10.8. The number of rotatable bonds is 2. The van der Waals surface area contributed by atoms with Crippen molar-refractivity contribution in [2.75, 3.05) is 11.9 Å². The third-order valence-corrected chi connectivity index (χ3v) is 3.99. The van der Waals surface area contributed by atoms with E-state index in [-0.39, 0.29) is 31.4 Å². The van der Waals surface area contributed by atoms with Crippen molar-refractivity contribution in [2.45, 2.75) is 38.0 Å². The van der Waals surface area contributed by atoms with Crippen molar-refractivity contribution in [1.82, 2.24) is 9.88 Å². The van der Waals surface area contributed by atoms with Crippen molar-refractivity contribution < 1.29 is 22.4 Å². The number of fused-ring (bicyclic) bond motifs is 1. The van der Waals surface area contributed by atoms with E-state index in [0.29, 0.717) is 11.1 Å². The summed E-state index contributed by atoms with van der Waals surface area (Å²) < 4.78 is 44.5. The van der Waals surface area contributed by atoms with Gasteiger partial charge in [0.15, 0.2) is 5.58 Å². The fourth-order valence-corrected chi connectivity index (χ4v) is 2.89. The van der Waals surface area contributed by atoms with Crippen LogP contribution in [0.4, 0.5) is 19.2 Å². The first-order valence-electron chi connectivity index (χ1n) is 7.30. The standard InChI is InChI=1S/C15H16F3N3O2/c1-9(22)21-8-10(6-7-13(21)15(16,17)18)19-14-20-11-4-2-3-5-12(11)23-14/h2-5,10,13H,6-8H2,1H3,(H,19,20). The zero-order chi connectivity index (χ0) is 16.6. The normalized spacial score (nSPS) is 22.3. The second-order valence-electron chi connectivity index (χ2n) is 5.63. The maximum atomic E-state index is 13.0. The van der Waals surface area contributed by atoms with E-state index in [0.717, 1.165) is 11.8 Å². The lowest BCUT2D eigenvalue weighted by atomic mass is 9.97. The number of hydrogen-bond acceptors (Lipinski definition) is 4. The third-order valence-electron chi connectivity index (χ3n) is 3.99. The average Bonchev–Trinajstić information content (AvgIpc) is 2.88. The summed E-state index contributed by atoms with van der Waals surface area (Å²) in [5.41, 5.74) is 1.27. The number of likely N-dealkylation sites (tertiary alicyclic amines) is 1. The topological polar surface area (TPSA) is 58.4 Å². The van der Waals surface area contributed by atoms with Crippen molar-refractivity contribution in [1.29, 1.82) is 0 Å². The third kappa shape index (κ3) is 3.25. The SMILES string of the molecule is CC(=O)N1CC(Nc2nc3ccccc3o2)CCC1C(F)(F)F. The van der Waals surface area contributed by atoms with Gasteiger partial charge in [-0.25, -0.2) is 0 Å². The van der Waals surface area contributed by atoms with Gasteiger partial charge in [0.1, 0.15) is 11.6 Å². The highest BCUT2D eigenvalue weighted by molar-refractivity contribution is 5.75. The van der Waals surface area contributed by atoms with Crippen LogP contribution in [0, 0.1) is 0 Å². The van der Waals surface area contributed by atoms with Crippen molar-refractivity contribution in [3.8, 4) is 0 Å². The number of nitrogens with one attached hydrogen (secondary N) is 1. The van der Waals surface area contributed by atoms with Gasteiger partial charge in [-0.1, -0.05) is 12.1 Å². The number of hydrogen-bond donors (Lipinski definition) is 1. The molecule has 1 aliphatic rings. The Balaban J connectivity index is 1.73. The number of piperidine rings is 1. The summed E-state index contributed by atoms with van der Waals surface area (Å²) in [6.07, 6.45) is -4.26. The maximum absolute atomic E-state index is 13.0. The van der Waals surface area contributed by atoms with E-state index < -0.39 is 18.1 Å². The van der Waals surface area contributed by atoms with Gasteiger partial charge in [0.05, 0.1) is 0 Å². The van der Waals surface area contributed by atoms with E-state index in [1.807, 2.05) is 12.1 Å². The van der Waals surface area contributed by atoms with Gasteiger partial charge in [-0.3, -0.25) is 4.79 Å². The monoisotopic (exact) mass is 327 g/mol. The molecule has 1 saturated heterocycles. The molecule has 0 aliphatic carbocycles. The van der Waals surface area contributed by atoms with Crippen LogP contribution in [0.2, 0.25) is 0 Å². The predicted octanol–water partition coefficient (Wildman–Crippen LogP) is 3.18. The molecule has 0 saturated carbocycles. The molecule has 3 rings (SSSR count). The molecule has 1 aliphatic heterocycles. The summed E-state index contributed by atoms with van der Waals surface area (Å²) in [4.78, 5) is 16.7. The van der Waals surface area contributed by atoms with Crippen LogP contribution in [0.1, 0.15) is 19.8 Å². The molecule has 1 aromatic heterocycles. The fraction of sp³-hybridized carbons (Fsp3) is 0.467. The van der Waals surface area contributed by atoms with Crippen molar-refractivity contribution in [3.05, 3.63) is 24.3 Å². The lowest BCUT2D eigenvalue weighted by molar-refractivity contribution is -0.195. The highest BCUT2D eigenvalue weighted by atomic mass is 19.4. The average molecular weight is 327 g/mol. The Kier molecular flexibility index (Phi) is 3.91. The Morgan fingerprint density at radius 2 is 2.09 bits per heavy atom. The second-order valence-corrected chi connectivity index (χ2v) is 5.63. The van der Waals surface area contributed by atoms with E-state index >= 15 is 0 Å². The van der Waals surface area contributed by atoms with E-state index in [1.54, 1.807) is 12.1 Å². The molecule has 0 bridgehead atoms. The zero-order valence-electron chi connectivity index (χ0n) is 12.4. The van der Waals surface area contributed by atoms with Crippen LogP contribution in [0.5, 0.6) is 0 Å². The van der Waals surface area contributed by atoms with Crippen LogP contribution in [0.3, 0.4) is 0 Å². The van der Waals surface area contributed by atoms with Crippen LogP contribution in [0.25, 0.3) is 11.1 Å². The zero-order valence-corrected chi connectivity index (χ0v) is 12.4. The number of carbonyl (C=O) groups excluding carboxylic acids is 1. The van der Waals surface area contributed by atoms with Gasteiger partial charge in [-0.05, 0) is 25.0 Å². The molecule has 2 unspecified atom stereocenters. The largest absolute Gasteiger partial charge is 0.424 e. The Hall–Kier alpha value is -2.25. The predicted molar refractivity (Wildman–Crippen MR) is 77.9 cm³/mol. The minimum absolute atomic E-state index is 0.0295. The number of amides is 1. The molecule has 5 nitrogen and oxygen atoms in total. The lowest BCUT2D eigenvalue weighted by Crippen LogP contribution is -2.55. The number of nitrogens with zero attached hydrogens (tertiary/aromatic N) is 2. The quantitative estimate of drug-likeness (QED) is 0.920. The minimum Gasteiger partial charge on any atom is -0.424 e. The molecule has 8 heteroatoms. The number of carbonyl (C=O) groups is 1. The number of halogens is 3. The summed E-state index contributed by atoms with van der Waals surface area (Å²) in [6.45, 7) is 1.12. The van der Waals surface area contributed by atoms with E-state index in [1.165, 1.54) is 0 Å². The molecular weight excluding hydrogens is 311 g/mol. The fourth-order valence-electron chi connectivity index (χ4n) is 2.89. The van der Waals surface area contributed by atoms with Gasteiger partial charge in [0.25, 0.3) is 6.01 Å². The molecule has 0 spiro atoms.